The van der Waals surface area contributed by atoms with Crippen molar-refractivity contribution in [2.75, 3.05) is 0 Å². The van der Waals surface area contributed by atoms with Gasteiger partial charge in [0.05, 0.1) is 0 Å². The second kappa shape index (κ2) is 6.02. The van der Waals surface area contributed by atoms with Crippen LogP contribution in [0.1, 0.15) is 38.5 Å². The fourth-order valence-electron chi connectivity index (χ4n) is 2.88. The first kappa shape index (κ1) is 18.1. The van der Waals surface area contributed by atoms with E-state index in [9.17, 15) is 36.2 Å². The molecular formula is C12H16F6O3. The van der Waals surface area contributed by atoms with Gasteiger partial charge in [0, 0.05) is 0 Å². The molecule has 124 valence electrons. The van der Waals surface area contributed by atoms with E-state index in [1.807, 2.05) is 0 Å². The van der Waals surface area contributed by atoms with E-state index in [1.165, 1.54) is 0 Å². The minimum atomic E-state index is -6.11. The number of alkyl halides is 6. The largest absolute Gasteiger partial charge is 0.481 e. The van der Waals surface area contributed by atoms with Gasteiger partial charge in [-0.25, -0.2) is 0 Å². The molecule has 9 heteroatoms. The summed E-state index contributed by atoms with van der Waals surface area (Å²) in [5.74, 6) is -6.59. The molecule has 0 radical (unpaired) electrons. The number of hydrogen-bond donors (Lipinski definition) is 2. The standard InChI is InChI=1S/C12H16F6O3/c13-11(14,15)10(21,12(16,17)18)8(9(19)20)7-5-3-1-2-4-6-7/h7-8,21H,1-6H2,(H,19,20). The van der Waals surface area contributed by atoms with E-state index in [4.69, 9.17) is 5.11 Å². The van der Waals surface area contributed by atoms with E-state index < -0.39 is 35.8 Å². The van der Waals surface area contributed by atoms with Gasteiger partial charge in [-0.2, -0.15) is 26.3 Å². The van der Waals surface area contributed by atoms with Crippen molar-refractivity contribution < 1.29 is 41.4 Å². The lowest BCUT2D eigenvalue weighted by atomic mass is 9.74. The van der Waals surface area contributed by atoms with E-state index in [0.29, 0.717) is 25.7 Å². The molecule has 21 heavy (non-hydrogen) atoms. The zero-order chi connectivity index (χ0) is 16.5. The Kier molecular flexibility index (Phi) is 5.18. The smallest absolute Gasteiger partial charge is 0.427 e. The molecule has 1 aliphatic carbocycles. The molecule has 0 aromatic heterocycles. The molecule has 0 saturated heterocycles. The first-order chi connectivity index (χ1) is 9.43. The first-order valence-electron chi connectivity index (χ1n) is 6.51. The van der Waals surface area contributed by atoms with Crippen molar-refractivity contribution in [3.63, 3.8) is 0 Å². The van der Waals surface area contributed by atoms with Gasteiger partial charge in [0.2, 0.25) is 0 Å². The molecule has 1 aliphatic rings. The van der Waals surface area contributed by atoms with Gasteiger partial charge in [0.25, 0.3) is 5.60 Å². The maximum Gasteiger partial charge on any atom is 0.427 e. The fraction of sp³-hybridized carbons (Fsp3) is 0.917. The molecule has 1 rings (SSSR count). The lowest BCUT2D eigenvalue weighted by Gasteiger charge is -2.40. The number of halogens is 6. The quantitative estimate of drug-likeness (QED) is 0.617. The zero-order valence-electron chi connectivity index (χ0n) is 11.0. The summed E-state index contributed by atoms with van der Waals surface area (Å²) in [4.78, 5) is 11.1. The average Bonchev–Trinajstić information content (AvgIpc) is 2.54. The van der Waals surface area contributed by atoms with Gasteiger partial charge in [-0.15, -0.1) is 0 Å². The lowest BCUT2D eigenvalue weighted by molar-refractivity contribution is -0.386. The Hall–Kier alpha value is -0.990. The van der Waals surface area contributed by atoms with Crippen LogP contribution in [-0.2, 0) is 4.79 Å². The van der Waals surface area contributed by atoms with E-state index in [1.54, 1.807) is 0 Å². The van der Waals surface area contributed by atoms with Crippen molar-refractivity contribution in [2.24, 2.45) is 11.8 Å². The zero-order valence-corrected chi connectivity index (χ0v) is 11.0. The summed E-state index contributed by atoms with van der Waals surface area (Å²) in [7, 11) is 0. The number of hydrogen-bond acceptors (Lipinski definition) is 2. The van der Waals surface area contributed by atoms with Crippen molar-refractivity contribution in [3.8, 4) is 0 Å². The van der Waals surface area contributed by atoms with Gasteiger partial charge < -0.3 is 10.2 Å². The molecule has 1 saturated carbocycles. The summed E-state index contributed by atoms with van der Waals surface area (Å²) in [6, 6.07) is 0. The van der Waals surface area contributed by atoms with E-state index in [0.717, 1.165) is 0 Å². The Morgan fingerprint density at radius 1 is 0.905 bits per heavy atom. The van der Waals surface area contributed by atoms with Crippen molar-refractivity contribution in [3.05, 3.63) is 0 Å². The van der Waals surface area contributed by atoms with Crippen LogP contribution in [0.4, 0.5) is 26.3 Å². The van der Waals surface area contributed by atoms with Gasteiger partial charge in [-0.1, -0.05) is 25.7 Å². The van der Waals surface area contributed by atoms with E-state index >= 15 is 0 Å². The predicted molar refractivity (Wildman–Crippen MR) is 59.4 cm³/mol. The molecule has 0 spiro atoms. The van der Waals surface area contributed by atoms with Crippen LogP contribution < -0.4 is 0 Å². The molecule has 0 amide bonds. The van der Waals surface area contributed by atoms with Crippen LogP contribution in [-0.4, -0.2) is 34.1 Å². The van der Waals surface area contributed by atoms with Crippen LogP contribution in [0.2, 0.25) is 0 Å². The molecule has 0 aliphatic heterocycles. The third-order valence-corrected chi connectivity index (χ3v) is 3.95. The summed E-state index contributed by atoms with van der Waals surface area (Å²) >= 11 is 0. The highest BCUT2D eigenvalue weighted by Crippen LogP contribution is 2.51. The number of carboxylic acid groups (broad SMARTS) is 1. The highest BCUT2D eigenvalue weighted by Gasteiger charge is 2.76. The minimum absolute atomic E-state index is 0.0779. The van der Waals surface area contributed by atoms with Crippen molar-refractivity contribution in [1.29, 1.82) is 0 Å². The number of rotatable bonds is 3. The molecule has 2 N–H and O–H groups in total. The van der Waals surface area contributed by atoms with Crippen LogP contribution in [0.15, 0.2) is 0 Å². The summed E-state index contributed by atoms with van der Waals surface area (Å²) in [6.07, 6.45) is -10.4. The second-order valence-corrected chi connectivity index (χ2v) is 5.33. The van der Waals surface area contributed by atoms with Crippen molar-refractivity contribution in [2.45, 2.75) is 56.5 Å². The number of carboxylic acids is 1. The Morgan fingerprint density at radius 3 is 1.57 bits per heavy atom. The van der Waals surface area contributed by atoms with Crippen LogP contribution in [0.25, 0.3) is 0 Å². The number of aliphatic carboxylic acids is 1. The molecule has 1 unspecified atom stereocenters. The lowest BCUT2D eigenvalue weighted by Crippen LogP contribution is -2.65. The highest BCUT2D eigenvalue weighted by molar-refractivity contribution is 5.72. The second-order valence-electron chi connectivity index (χ2n) is 5.33. The van der Waals surface area contributed by atoms with Crippen LogP contribution in [0.5, 0.6) is 0 Å². The topological polar surface area (TPSA) is 57.5 Å². The van der Waals surface area contributed by atoms with Gasteiger partial charge in [-0.3, -0.25) is 4.79 Å². The summed E-state index contributed by atoms with van der Waals surface area (Å²) in [6.45, 7) is 0. The summed E-state index contributed by atoms with van der Waals surface area (Å²) in [5.41, 5.74) is -5.24. The van der Waals surface area contributed by atoms with Gasteiger partial charge in [-0.05, 0) is 18.8 Å². The normalized spacial score (nSPS) is 20.9. The third-order valence-electron chi connectivity index (χ3n) is 3.95. The maximum absolute atomic E-state index is 12.8. The predicted octanol–water partition coefficient (Wildman–Crippen LogP) is 3.51. The molecule has 0 aromatic carbocycles. The van der Waals surface area contributed by atoms with Crippen LogP contribution in [0.3, 0.4) is 0 Å². The van der Waals surface area contributed by atoms with Crippen LogP contribution >= 0.6 is 0 Å². The van der Waals surface area contributed by atoms with Crippen LogP contribution in [0, 0.1) is 11.8 Å². The maximum atomic E-state index is 12.8. The van der Waals surface area contributed by atoms with Gasteiger partial charge >= 0.3 is 18.3 Å². The molecule has 0 aromatic rings. The molecule has 0 heterocycles. The average molecular weight is 322 g/mol. The molecular weight excluding hydrogens is 306 g/mol. The summed E-state index contributed by atoms with van der Waals surface area (Å²) in [5, 5.41) is 18.2. The fourth-order valence-corrected chi connectivity index (χ4v) is 2.88. The number of aliphatic hydroxyl groups is 1. The minimum Gasteiger partial charge on any atom is -0.481 e. The summed E-state index contributed by atoms with van der Waals surface area (Å²) < 4.78 is 77.0. The van der Waals surface area contributed by atoms with Crippen molar-refractivity contribution >= 4 is 5.97 Å². The Balaban J connectivity index is 3.30. The molecule has 1 atom stereocenters. The monoisotopic (exact) mass is 322 g/mol. The van der Waals surface area contributed by atoms with Gasteiger partial charge in [0.15, 0.2) is 0 Å². The molecule has 3 nitrogen and oxygen atoms in total. The Morgan fingerprint density at radius 2 is 1.29 bits per heavy atom. The Labute approximate surface area is 116 Å². The first-order valence-corrected chi connectivity index (χ1v) is 6.51. The third kappa shape index (κ3) is 3.44. The van der Waals surface area contributed by atoms with Gasteiger partial charge in [0.1, 0.15) is 5.92 Å². The van der Waals surface area contributed by atoms with E-state index in [-0.39, 0.29) is 12.8 Å². The van der Waals surface area contributed by atoms with Crippen molar-refractivity contribution in [1.82, 2.24) is 0 Å². The highest BCUT2D eigenvalue weighted by atomic mass is 19.4. The molecule has 0 bridgehead atoms. The number of carbonyl (C=O) groups is 1. The SMILES string of the molecule is O=C(O)C(C1CCCCCC1)C(O)(C(F)(F)F)C(F)(F)F. The Bertz CT molecular complexity index is 354. The molecule has 1 fully saturated rings. The van der Waals surface area contributed by atoms with E-state index in [2.05, 4.69) is 0 Å².